The van der Waals surface area contributed by atoms with Crippen LogP contribution in [0.15, 0.2) is 37.4 Å². The maximum atomic E-state index is 11.3. The third-order valence-electron chi connectivity index (χ3n) is 1.12. The normalized spacial score (nSPS) is 10.5. The first kappa shape index (κ1) is 10.4. The van der Waals surface area contributed by atoms with E-state index in [1.165, 1.54) is 11.6 Å². The Labute approximate surface area is 67.7 Å². The molecule has 0 heterocycles. The minimum Gasteiger partial charge on any atom is -0.323 e. The zero-order chi connectivity index (χ0) is 8.74. The Hall–Kier alpha value is -0.590. The van der Waals surface area contributed by atoms with E-state index in [4.69, 9.17) is 4.52 Å². The van der Waals surface area contributed by atoms with Gasteiger partial charge < -0.3 is 4.52 Å². The van der Waals surface area contributed by atoms with Gasteiger partial charge in [-0.25, -0.2) is 0 Å². The van der Waals surface area contributed by atoms with E-state index in [1.54, 1.807) is 6.08 Å². The second-order valence-corrected chi connectivity index (χ2v) is 4.20. The quantitative estimate of drug-likeness (QED) is 0.349. The Morgan fingerprint density at radius 2 is 1.82 bits per heavy atom. The number of hydrogen-bond acceptors (Lipinski definition) is 2. The fourth-order valence-corrected chi connectivity index (χ4v) is 1.21. The highest BCUT2D eigenvalue weighted by Crippen LogP contribution is 2.48. The molecule has 0 aromatic carbocycles. The maximum Gasteiger partial charge on any atom is 0.246 e. The molecule has 0 atom stereocenters. The van der Waals surface area contributed by atoms with Crippen LogP contribution in [0.2, 0.25) is 0 Å². The molecule has 0 radical (unpaired) electrons. The summed E-state index contributed by atoms with van der Waals surface area (Å²) >= 11 is 0. The minimum atomic E-state index is -2.73. The highest BCUT2D eigenvalue weighted by atomic mass is 31.2. The summed E-state index contributed by atoms with van der Waals surface area (Å²) < 4.78 is 16.3. The van der Waals surface area contributed by atoms with Crippen molar-refractivity contribution in [3.63, 3.8) is 0 Å². The summed E-state index contributed by atoms with van der Waals surface area (Å²) in [6.07, 6.45) is 2.39. The van der Waals surface area contributed by atoms with Crippen LogP contribution in [0.25, 0.3) is 0 Å². The van der Waals surface area contributed by atoms with E-state index in [-0.39, 0.29) is 0 Å². The van der Waals surface area contributed by atoms with Crippen molar-refractivity contribution in [2.75, 3.05) is 6.61 Å². The lowest BCUT2D eigenvalue weighted by atomic mass is 10.5. The maximum absolute atomic E-state index is 11.3. The zero-order valence-corrected chi connectivity index (χ0v) is 7.43. The van der Waals surface area contributed by atoms with E-state index in [9.17, 15) is 4.57 Å². The summed E-state index contributed by atoms with van der Waals surface area (Å²) in [4.78, 5) is 0. The average molecular weight is 172 g/mol. The van der Waals surface area contributed by atoms with Crippen LogP contribution in [0.3, 0.4) is 0 Å². The molecule has 0 unspecified atom stereocenters. The Bertz CT molecular complexity index is 184. The van der Waals surface area contributed by atoms with Crippen molar-refractivity contribution in [1.82, 2.24) is 0 Å². The molecule has 0 aromatic heterocycles. The largest absolute Gasteiger partial charge is 0.323 e. The molecule has 3 heteroatoms. The lowest BCUT2D eigenvalue weighted by Gasteiger charge is -2.07. The number of hydrogen-bond donors (Lipinski definition) is 0. The Morgan fingerprint density at radius 1 is 1.27 bits per heavy atom. The summed E-state index contributed by atoms with van der Waals surface area (Å²) in [6.45, 7) is 10.7. The van der Waals surface area contributed by atoms with Crippen LogP contribution in [-0.2, 0) is 9.09 Å². The summed E-state index contributed by atoms with van der Waals surface area (Å²) in [5, 5.41) is 0. The molecular formula is C8H13O2P. The smallest absolute Gasteiger partial charge is 0.246 e. The predicted octanol–water partition coefficient (Wildman–Crippen LogP) is 3.14. The fraction of sp³-hybridized carbons (Fsp3) is 0.250. The molecule has 2 nitrogen and oxygen atoms in total. The second-order valence-electron chi connectivity index (χ2n) is 1.92. The molecule has 0 fully saturated rings. The summed E-state index contributed by atoms with van der Waals surface area (Å²) in [6, 6.07) is 0. The van der Waals surface area contributed by atoms with Gasteiger partial charge >= 0.3 is 0 Å². The summed E-state index contributed by atoms with van der Waals surface area (Å²) in [7, 11) is -2.73. The molecule has 0 spiro atoms. The molecule has 0 bridgehead atoms. The molecule has 11 heavy (non-hydrogen) atoms. The molecule has 0 aliphatic rings. The molecule has 0 aliphatic carbocycles. The number of rotatable bonds is 6. The molecule has 0 saturated carbocycles. The fourth-order valence-electron chi connectivity index (χ4n) is 0.459. The van der Waals surface area contributed by atoms with E-state index in [1.807, 2.05) is 0 Å². The molecule has 0 amide bonds. The minimum absolute atomic E-state index is 0.402. The first-order valence-corrected chi connectivity index (χ1v) is 5.07. The monoisotopic (exact) mass is 172 g/mol. The van der Waals surface area contributed by atoms with Crippen molar-refractivity contribution in [1.29, 1.82) is 0 Å². The Morgan fingerprint density at radius 3 is 2.18 bits per heavy atom. The summed E-state index contributed by atoms with van der Waals surface area (Å²) in [5.41, 5.74) is 0. The van der Waals surface area contributed by atoms with Gasteiger partial charge in [0.25, 0.3) is 0 Å². The summed E-state index contributed by atoms with van der Waals surface area (Å²) in [5.74, 6) is 2.59. The van der Waals surface area contributed by atoms with Crippen molar-refractivity contribution in [3.05, 3.63) is 37.4 Å². The van der Waals surface area contributed by atoms with Crippen molar-refractivity contribution in [3.8, 4) is 0 Å². The van der Waals surface area contributed by atoms with Crippen LogP contribution in [0.5, 0.6) is 0 Å². The van der Waals surface area contributed by atoms with Gasteiger partial charge in [0.1, 0.15) is 0 Å². The van der Waals surface area contributed by atoms with Gasteiger partial charge in [0.05, 0.1) is 6.61 Å². The van der Waals surface area contributed by atoms with Gasteiger partial charge in [0.2, 0.25) is 7.37 Å². The Balaban J connectivity index is 3.88. The van der Waals surface area contributed by atoms with Crippen molar-refractivity contribution >= 4 is 7.37 Å². The topological polar surface area (TPSA) is 26.3 Å². The van der Waals surface area contributed by atoms with E-state index in [2.05, 4.69) is 19.7 Å². The van der Waals surface area contributed by atoms with Crippen molar-refractivity contribution in [2.24, 2.45) is 0 Å². The van der Waals surface area contributed by atoms with Crippen LogP contribution < -0.4 is 0 Å². The molecule has 0 rings (SSSR count). The highest BCUT2D eigenvalue weighted by Gasteiger charge is 2.11. The molecule has 62 valence electrons. The van der Waals surface area contributed by atoms with Gasteiger partial charge in [0, 0.05) is 0 Å². The zero-order valence-electron chi connectivity index (χ0n) is 6.53. The van der Waals surface area contributed by atoms with Crippen LogP contribution in [0.1, 0.15) is 6.42 Å². The van der Waals surface area contributed by atoms with Crippen molar-refractivity contribution in [2.45, 2.75) is 6.42 Å². The first-order valence-electron chi connectivity index (χ1n) is 3.30. The van der Waals surface area contributed by atoms with Crippen LogP contribution >= 0.6 is 7.37 Å². The standard InChI is InChI=1S/C8H13O2P/c1-4-7-8-10-11(9,5-2)6-3/h4-6H,1-3,7-8H2. The molecule has 0 aliphatic heterocycles. The van der Waals surface area contributed by atoms with Crippen LogP contribution in [0.4, 0.5) is 0 Å². The van der Waals surface area contributed by atoms with Crippen LogP contribution in [0, 0.1) is 0 Å². The van der Waals surface area contributed by atoms with Crippen LogP contribution in [-0.4, -0.2) is 6.61 Å². The highest BCUT2D eigenvalue weighted by molar-refractivity contribution is 7.65. The van der Waals surface area contributed by atoms with Gasteiger partial charge in [0.15, 0.2) is 0 Å². The van der Waals surface area contributed by atoms with Crippen molar-refractivity contribution < 1.29 is 9.09 Å². The molecule has 0 saturated heterocycles. The van der Waals surface area contributed by atoms with Gasteiger partial charge in [-0.2, -0.15) is 0 Å². The van der Waals surface area contributed by atoms with E-state index in [0.717, 1.165) is 0 Å². The van der Waals surface area contributed by atoms with E-state index in [0.29, 0.717) is 13.0 Å². The third kappa shape index (κ3) is 3.97. The van der Waals surface area contributed by atoms with Gasteiger partial charge in [-0.1, -0.05) is 19.2 Å². The van der Waals surface area contributed by atoms with Gasteiger partial charge in [-0.3, -0.25) is 4.57 Å². The molecule has 0 N–H and O–H groups in total. The molecular weight excluding hydrogens is 159 g/mol. The molecule has 0 aromatic rings. The van der Waals surface area contributed by atoms with Gasteiger partial charge in [-0.05, 0) is 18.1 Å². The van der Waals surface area contributed by atoms with Gasteiger partial charge in [-0.15, -0.1) is 6.58 Å². The van der Waals surface area contributed by atoms with E-state index < -0.39 is 7.37 Å². The Kier molecular flexibility index (Phi) is 4.84. The average Bonchev–Trinajstić information content (AvgIpc) is 2.05. The first-order chi connectivity index (χ1) is 5.18. The van der Waals surface area contributed by atoms with E-state index >= 15 is 0 Å². The third-order valence-corrected chi connectivity index (χ3v) is 2.73. The second kappa shape index (κ2) is 5.11. The SMILES string of the molecule is C=CCCOP(=O)(C=C)C=C. The predicted molar refractivity (Wildman–Crippen MR) is 48.8 cm³/mol. The lowest BCUT2D eigenvalue weighted by molar-refractivity contribution is 0.332. The lowest BCUT2D eigenvalue weighted by Crippen LogP contribution is -1.86.